The van der Waals surface area contributed by atoms with Crippen LogP contribution in [-0.4, -0.2) is 49.2 Å². The van der Waals surface area contributed by atoms with Gasteiger partial charge < -0.3 is 19.5 Å². The third kappa shape index (κ3) is 4.35. The second-order valence-electron chi connectivity index (χ2n) is 5.92. The van der Waals surface area contributed by atoms with Crippen molar-refractivity contribution in [3.63, 3.8) is 0 Å². The molecular formula is C19H21N3O5. The molecule has 0 saturated carbocycles. The number of phenols is 1. The van der Waals surface area contributed by atoms with Crippen molar-refractivity contribution in [1.82, 2.24) is 0 Å². The minimum atomic E-state index is -0.527. The van der Waals surface area contributed by atoms with Gasteiger partial charge in [0.25, 0.3) is 5.69 Å². The molecule has 1 saturated heterocycles. The van der Waals surface area contributed by atoms with Gasteiger partial charge in [0.2, 0.25) is 0 Å². The second-order valence-corrected chi connectivity index (χ2v) is 5.92. The summed E-state index contributed by atoms with van der Waals surface area (Å²) in [5.74, 6) is -0.107. The molecule has 0 unspecified atom stereocenters. The summed E-state index contributed by atoms with van der Waals surface area (Å²) in [4.78, 5) is 17.3. The van der Waals surface area contributed by atoms with E-state index in [2.05, 4.69) is 9.89 Å². The predicted octanol–water partition coefficient (Wildman–Crippen LogP) is 3.29. The van der Waals surface area contributed by atoms with Crippen LogP contribution in [0.5, 0.6) is 11.5 Å². The first kappa shape index (κ1) is 18.7. The Bertz CT molecular complexity index is 847. The van der Waals surface area contributed by atoms with Gasteiger partial charge >= 0.3 is 0 Å². The fraction of sp³-hybridized carbons (Fsp3) is 0.316. The minimum Gasteiger partial charge on any atom is -0.504 e. The SMILES string of the molecule is CCOc1cc([N+](=O)[O-])cc(C=Nc2ccccc2N2CCOCC2)c1O. The van der Waals surface area contributed by atoms with Crippen molar-refractivity contribution in [2.75, 3.05) is 37.8 Å². The molecule has 0 spiro atoms. The van der Waals surface area contributed by atoms with Gasteiger partial charge in [-0.05, 0) is 19.1 Å². The molecule has 0 radical (unpaired) electrons. The summed E-state index contributed by atoms with van der Waals surface area (Å²) in [6, 6.07) is 10.1. The Balaban J connectivity index is 1.95. The zero-order valence-corrected chi connectivity index (χ0v) is 15.0. The highest BCUT2D eigenvalue weighted by Gasteiger charge is 2.17. The van der Waals surface area contributed by atoms with Crippen LogP contribution in [0.15, 0.2) is 41.4 Å². The zero-order valence-electron chi connectivity index (χ0n) is 15.0. The lowest BCUT2D eigenvalue weighted by Crippen LogP contribution is -2.36. The Morgan fingerprint density at radius 3 is 2.78 bits per heavy atom. The van der Waals surface area contributed by atoms with Gasteiger partial charge in [0.15, 0.2) is 11.5 Å². The molecule has 1 aliphatic heterocycles. The van der Waals surface area contributed by atoms with Gasteiger partial charge in [-0.25, -0.2) is 0 Å². The van der Waals surface area contributed by atoms with Gasteiger partial charge in [-0.15, -0.1) is 0 Å². The minimum absolute atomic E-state index is 0.0645. The Labute approximate surface area is 156 Å². The van der Waals surface area contributed by atoms with Crippen molar-refractivity contribution >= 4 is 23.3 Å². The number of morpholine rings is 1. The molecule has 8 heteroatoms. The summed E-state index contributed by atoms with van der Waals surface area (Å²) in [6.07, 6.45) is 1.42. The van der Waals surface area contributed by atoms with Gasteiger partial charge in [0.05, 0.1) is 42.2 Å². The highest BCUT2D eigenvalue weighted by atomic mass is 16.6. The van der Waals surface area contributed by atoms with Crippen molar-refractivity contribution < 1.29 is 19.5 Å². The Hall–Kier alpha value is -3.13. The van der Waals surface area contributed by atoms with E-state index in [0.29, 0.717) is 18.9 Å². The number of anilines is 1. The quantitative estimate of drug-likeness (QED) is 0.475. The number of para-hydroxylation sites is 2. The fourth-order valence-corrected chi connectivity index (χ4v) is 2.87. The van der Waals surface area contributed by atoms with Crippen molar-refractivity contribution in [2.24, 2.45) is 4.99 Å². The van der Waals surface area contributed by atoms with E-state index in [1.54, 1.807) is 6.92 Å². The topological polar surface area (TPSA) is 97.4 Å². The van der Waals surface area contributed by atoms with Crippen LogP contribution in [0.3, 0.4) is 0 Å². The maximum absolute atomic E-state index is 11.2. The number of rotatable bonds is 6. The Morgan fingerprint density at radius 2 is 2.07 bits per heavy atom. The lowest BCUT2D eigenvalue weighted by atomic mass is 10.1. The van der Waals surface area contributed by atoms with Gasteiger partial charge in [-0.3, -0.25) is 15.1 Å². The molecule has 0 aliphatic carbocycles. The highest BCUT2D eigenvalue weighted by Crippen LogP contribution is 2.35. The molecule has 0 atom stereocenters. The van der Waals surface area contributed by atoms with E-state index in [-0.39, 0.29) is 29.4 Å². The summed E-state index contributed by atoms with van der Waals surface area (Å²) in [5, 5.41) is 21.5. The molecule has 27 heavy (non-hydrogen) atoms. The van der Waals surface area contributed by atoms with Crippen LogP contribution in [0.1, 0.15) is 12.5 Å². The maximum Gasteiger partial charge on any atom is 0.274 e. The number of nitro benzene ring substituents is 1. The number of hydrogen-bond donors (Lipinski definition) is 1. The zero-order chi connectivity index (χ0) is 19.2. The number of nitrogens with zero attached hydrogens (tertiary/aromatic N) is 3. The molecule has 2 aromatic rings. The van der Waals surface area contributed by atoms with Crippen LogP contribution < -0.4 is 9.64 Å². The number of hydrogen-bond acceptors (Lipinski definition) is 7. The van der Waals surface area contributed by atoms with Crippen LogP contribution in [0.2, 0.25) is 0 Å². The molecule has 1 fully saturated rings. The van der Waals surface area contributed by atoms with E-state index in [1.807, 2.05) is 24.3 Å². The standard InChI is InChI=1S/C19H21N3O5/c1-2-27-18-12-15(22(24)25)11-14(19(18)23)13-20-16-5-3-4-6-17(16)21-7-9-26-10-8-21/h3-6,11-13,23H,2,7-10H2,1H3. The summed E-state index contributed by atoms with van der Waals surface area (Å²) in [7, 11) is 0. The third-order valence-corrected chi connectivity index (χ3v) is 4.18. The van der Waals surface area contributed by atoms with Gasteiger partial charge in [0.1, 0.15) is 0 Å². The van der Waals surface area contributed by atoms with Crippen LogP contribution in [0.25, 0.3) is 0 Å². The lowest BCUT2D eigenvalue weighted by molar-refractivity contribution is -0.385. The van der Waals surface area contributed by atoms with Crippen molar-refractivity contribution in [2.45, 2.75) is 6.92 Å². The molecule has 0 bridgehead atoms. The van der Waals surface area contributed by atoms with E-state index in [4.69, 9.17) is 9.47 Å². The third-order valence-electron chi connectivity index (χ3n) is 4.18. The van der Waals surface area contributed by atoms with E-state index in [9.17, 15) is 15.2 Å². The van der Waals surface area contributed by atoms with E-state index in [0.717, 1.165) is 18.8 Å². The Morgan fingerprint density at radius 1 is 1.33 bits per heavy atom. The molecule has 3 rings (SSSR count). The van der Waals surface area contributed by atoms with Crippen LogP contribution in [0.4, 0.5) is 17.1 Å². The number of phenolic OH excluding ortho intramolecular Hbond substituents is 1. The molecule has 1 heterocycles. The molecular weight excluding hydrogens is 350 g/mol. The van der Waals surface area contributed by atoms with Crippen molar-refractivity contribution in [3.8, 4) is 11.5 Å². The average Bonchev–Trinajstić information content (AvgIpc) is 2.69. The molecule has 8 nitrogen and oxygen atoms in total. The predicted molar refractivity (Wildman–Crippen MR) is 103 cm³/mol. The first-order valence-electron chi connectivity index (χ1n) is 8.70. The normalized spacial score (nSPS) is 14.5. The summed E-state index contributed by atoms with van der Waals surface area (Å²) in [6.45, 7) is 4.87. The molecule has 142 valence electrons. The van der Waals surface area contributed by atoms with Crippen molar-refractivity contribution in [3.05, 3.63) is 52.1 Å². The van der Waals surface area contributed by atoms with E-state index in [1.165, 1.54) is 18.3 Å². The maximum atomic E-state index is 11.2. The molecule has 1 N–H and O–H groups in total. The lowest BCUT2D eigenvalue weighted by Gasteiger charge is -2.29. The Kier molecular flexibility index (Phi) is 5.87. The first-order chi connectivity index (χ1) is 13.1. The first-order valence-corrected chi connectivity index (χ1v) is 8.70. The number of aromatic hydroxyl groups is 1. The smallest absolute Gasteiger partial charge is 0.274 e. The summed E-state index contributed by atoms with van der Waals surface area (Å²) < 4.78 is 10.7. The largest absolute Gasteiger partial charge is 0.504 e. The highest BCUT2D eigenvalue weighted by molar-refractivity contribution is 5.89. The van der Waals surface area contributed by atoms with Gasteiger partial charge in [0, 0.05) is 30.9 Å². The molecule has 0 amide bonds. The molecule has 1 aliphatic rings. The van der Waals surface area contributed by atoms with Crippen LogP contribution in [-0.2, 0) is 4.74 Å². The van der Waals surface area contributed by atoms with Gasteiger partial charge in [-0.1, -0.05) is 12.1 Å². The van der Waals surface area contributed by atoms with E-state index >= 15 is 0 Å². The van der Waals surface area contributed by atoms with Crippen LogP contribution >= 0.6 is 0 Å². The fourth-order valence-electron chi connectivity index (χ4n) is 2.87. The number of aliphatic imine (C=N–C) groups is 1. The molecule has 0 aromatic heterocycles. The monoisotopic (exact) mass is 371 g/mol. The number of non-ortho nitro benzene ring substituents is 1. The number of benzene rings is 2. The number of ether oxygens (including phenoxy) is 2. The average molecular weight is 371 g/mol. The van der Waals surface area contributed by atoms with Crippen LogP contribution in [0, 0.1) is 10.1 Å². The second kappa shape index (κ2) is 8.50. The molecule has 2 aromatic carbocycles. The summed E-state index contributed by atoms with van der Waals surface area (Å²) >= 11 is 0. The van der Waals surface area contributed by atoms with Gasteiger partial charge in [-0.2, -0.15) is 0 Å². The summed E-state index contributed by atoms with van der Waals surface area (Å²) in [5.41, 5.74) is 1.72. The van der Waals surface area contributed by atoms with Crippen molar-refractivity contribution in [1.29, 1.82) is 0 Å². The number of nitro groups is 1. The van der Waals surface area contributed by atoms with E-state index < -0.39 is 4.92 Å².